The zero-order chi connectivity index (χ0) is 16.4. The second-order valence-corrected chi connectivity index (χ2v) is 7.67. The number of benzene rings is 2. The summed E-state index contributed by atoms with van der Waals surface area (Å²) in [4.78, 5) is 2.29. The van der Waals surface area contributed by atoms with Crippen LogP contribution in [0.25, 0.3) is 0 Å². The highest BCUT2D eigenvalue weighted by molar-refractivity contribution is 7.85. The Bertz CT molecular complexity index is 707. The molecular weight excluding hydrogens is 310 g/mol. The van der Waals surface area contributed by atoms with Gasteiger partial charge in [0.25, 0.3) is 10.1 Å². The van der Waals surface area contributed by atoms with E-state index >= 15 is 0 Å². The third kappa shape index (κ3) is 3.63. The molecule has 0 spiro atoms. The van der Waals surface area contributed by atoms with E-state index in [4.69, 9.17) is 4.55 Å². The first-order valence-corrected chi connectivity index (χ1v) is 9.37. The quantitative estimate of drug-likeness (QED) is 0.856. The lowest BCUT2D eigenvalue weighted by Crippen LogP contribution is -2.58. The van der Waals surface area contributed by atoms with Gasteiger partial charge in [-0.2, -0.15) is 8.42 Å². The van der Waals surface area contributed by atoms with Crippen molar-refractivity contribution in [1.82, 2.24) is 4.90 Å². The SMILES string of the molecule is CC1C(CS(=O)(=O)O)CN1C(c1ccccc1)c1ccccc1. The molecule has 0 bridgehead atoms. The Kier molecular flexibility index (Phi) is 4.53. The molecule has 0 radical (unpaired) electrons. The average Bonchev–Trinajstić information content (AvgIpc) is 2.54. The van der Waals surface area contributed by atoms with Crippen molar-refractivity contribution in [2.75, 3.05) is 12.3 Å². The molecule has 1 heterocycles. The molecule has 0 aromatic heterocycles. The molecule has 2 unspecified atom stereocenters. The number of hydrogen-bond acceptors (Lipinski definition) is 3. The van der Waals surface area contributed by atoms with Crippen LogP contribution in [0.2, 0.25) is 0 Å². The minimum absolute atomic E-state index is 0.0278. The Morgan fingerprint density at radius 1 is 1.04 bits per heavy atom. The van der Waals surface area contributed by atoms with E-state index in [9.17, 15) is 8.42 Å². The van der Waals surface area contributed by atoms with Crippen LogP contribution in [-0.4, -0.2) is 36.2 Å². The molecule has 23 heavy (non-hydrogen) atoms. The van der Waals surface area contributed by atoms with Crippen LogP contribution in [0.1, 0.15) is 24.1 Å². The summed E-state index contributed by atoms with van der Waals surface area (Å²) >= 11 is 0. The molecule has 4 nitrogen and oxygen atoms in total. The predicted octanol–water partition coefficient (Wildman–Crippen LogP) is 2.98. The summed E-state index contributed by atoms with van der Waals surface area (Å²) in [6.07, 6.45) is 0. The van der Waals surface area contributed by atoms with Crippen LogP contribution >= 0.6 is 0 Å². The Hall–Kier alpha value is -1.69. The molecule has 1 saturated heterocycles. The fourth-order valence-corrected chi connectivity index (χ4v) is 4.30. The van der Waals surface area contributed by atoms with Gasteiger partial charge in [0.15, 0.2) is 0 Å². The monoisotopic (exact) mass is 331 g/mol. The molecule has 3 rings (SSSR count). The minimum atomic E-state index is -3.92. The normalized spacial score (nSPS) is 22.0. The Balaban J connectivity index is 1.87. The predicted molar refractivity (Wildman–Crippen MR) is 90.8 cm³/mol. The van der Waals surface area contributed by atoms with Gasteiger partial charge in [-0.25, -0.2) is 0 Å². The van der Waals surface area contributed by atoms with E-state index in [0.29, 0.717) is 6.54 Å². The van der Waals surface area contributed by atoms with E-state index < -0.39 is 10.1 Å². The van der Waals surface area contributed by atoms with Gasteiger partial charge in [-0.15, -0.1) is 0 Å². The van der Waals surface area contributed by atoms with Gasteiger partial charge in [-0.3, -0.25) is 9.45 Å². The number of rotatable bonds is 5. The summed E-state index contributed by atoms with van der Waals surface area (Å²) in [5.41, 5.74) is 2.38. The van der Waals surface area contributed by atoms with Gasteiger partial charge in [-0.05, 0) is 18.1 Å². The van der Waals surface area contributed by atoms with Crippen molar-refractivity contribution in [3.63, 3.8) is 0 Å². The van der Waals surface area contributed by atoms with Crippen molar-refractivity contribution in [1.29, 1.82) is 0 Å². The maximum atomic E-state index is 11.1. The van der Waals surface area contributed by atoms with Gasteiger partial charge >= 0.3 is 0 Å². The smallest absolute Gasteiger partial charge is 0.265 e. The van der Waals surface area contributed by atoms with E-state index in [1.165, 1.54) is 11.1 Å². The fourth-order valence-electron chi connectivity index (χ4n) is 3.37. The summed E-state index contributed by atoms with van der Waals surface area (Å²) < 4.78 is 31.4. The molecule has 1 N–H and O–H groups in total. The van der Waals surface area contributed by atoms with E-state index in [1.807, 2.05) is 43.3 Å². The largest absolute Gasteiger partial charge is 0.289 e. The lowest BCUT2D eigenvalue weighted by Gasteiger charge is -2.50. The van der Waals surface area contributed by atoms with Crippen LogP contribution in [0, 0.1) is 5.92 Å². The van der Waals surface area contributed by atoms with Gasteiger partial charge in [0.05, 0.1) is 11.8 Å². The van der Waals surface area contributed by atoms with Gasteiger partial charge in [0.1, 0.15) is 0 Å². The van der Waals surface area contributed by atoms with Gasteiger partial charge in [0.2, 0.25) is 0 Å². The van der Waals surface area contributed by atoms with Crippen LogP contribution < -0.4 is 0 Å². The Labute approximate surface area is 137 Å². The summed E-state index contributed by atoms with van der Waals surface area (Å²) in [5.74, 6) is -0.194. The lowest BCUT2D eigenvalue weighted by atomic mass is 9.85. The van der Waals surface area contributed by atoms with Crippen molar-refractivity contribution in [3.05, 3.63) is 71.8 Å². The maximum Gasteiger partial charge on any atom is 0.265 e. The van der Waals surface area contributed by atoms with Crippen molar-refractivity contribution < 1.29 is 13.0 Å². The van der Waals surface area contributed by atoms with Crippen molar-refractivity contribution in [2.24, 2.45) is 5.92 Å². The van der Waals surface area contributed by atoms with Crippen LogP contribution in [0.15, 0.2) is 60.7 Å². The minimum Gasteiger partial charge on any atom is -0.289 e. The third-order valence-electron chi connectivity index (χ3n) is 4.64. The first-order chi connectivity index (χ1) is 11.0. The van der Waals surface area contributed by atoms with Crippen molar-refractivity contribution in [2.45, 2.75) is 19.0 Å². The van der Waals surface area contributed by atoms with Gasteiger partial charge in [-0.1, -0.05) is 60.7 Å². The van der Waals surface area contributed by atoms with Crippen molar-refractivity contribution >= 4 is 10.1 Å². The van der Waals surface area contributed by atoms with E-state index in [1.54, 1.807) is 0 Å². The lowest BCUT2D eigenvalue weighted by molar-refractivity contribution is 0.0111. The van der Waals surface area contributed by atoms with E-state index in [0.717, 1.165) is 0 Å². The molecule has 122 valence electrons. The molecule has 1 aliphatic heterocycles. The molecule has 0 amide bonds. The Morgan fingerprint density at radius 2 is 1.52 bits per heavy atom. The molecule has 0 aliphatic carbocycles. The summed E-state index contributed by atoms with van der Waals surface area (Å²) in [6, 6.07) is 20.7. The maximum absolute atomic E-state index is 11.1. The van der Waals surface area contributed by atoms with Crippen molar-refractivity contribution in [3.8, 4) is 0 Å². The second kappa shape index (κ2) is 6.43. The molecule has 0 saturated carbocycles. The highest BCUT2D eigenvalue weighted by Gasteiger charge is 2.42. The van der Waals surface area contributed by atoms with Gasteiger partial charge in [0, 0.05) is 18.5 Å². The highest BCUT2D eigenvalue weighted by atomic mass is 32.2. The summed E-state index contributed by atoms with van der Waals surface area (Å²) in [5, 5.41) is 0. The molecule has 1 fully saturated rings. The fraction of sp³-hybridized carbons (Fsp3) is 0.333. The highest BCUT2D eigenvalue weighted by Crippen LogP contribution is 2.38. The first kappa shape index (κ1) is 16.2. The van der Waals surface area contributed by atoms with Crippen LogP contribution in [0.5, 0.6) is 0 Å². The third-order valence-corrected chi connectivity index (χ3v) is 5.49. The molecule has 2 aromatic carbocycles. The van der Waals surface area contributed by atoms with Crippen LogP contribution in [0.3, 0.4) is 0 Å². The van der Waals surface area contributed by atoms with Crippen LogP contribution in [-0.2, 0) is 10.1 Å². The van der Waals surface area contributed by atoms with Crippen LogP contribution in [0.4, 0.5) is 0 Å². The molecule has 5 heteroatoms. The average molecular weight is 331 g/mol. The molecular formula is C18H21NO3S. The molecule has 2 aromatic rings. The standard InChI is InChI=1S/C18H21NO3S/c1-14-17(13-23(20,21)22)12-19(14)18(15-8-4-2-5-9-15)16-10-6-3-7-11-16/h2-11,14,17-18H,12-13H2,1H3,(H,20,21,22). The first-order valence-electron chi connectivity index (χ1n) is 7.76. The molecule has 1 aliphatic rings. The van der Waals surface area contributed by atoms with Gasteiger partial charge < -0.3 is 0 Å². The number of hydrogen-bond donors (Lipinski definition) is 1. The zero-order valence-electron chi connectivity index (χ0n) is 13.0. The van der Waals surface area contributed by atoms with E-state index in [2.05, 4.69) is 29.2 Å². The van der Waals surface area contributed by atoms with E-state index in [-0.39, 0.29) is 23.8 Å². The zero-order valence-corrected chi connectivity index (χ0v) is 13.9. The second-order valence-electron chi connectivity index (χ2n) is 6.17. The Morgan fingerprint density at radius 3 is 1.91 bits per heavy atom. The molecule has 2 atom stereocenters. The number of likely N-dealkylation sites (tertiary alicyclic amines) is 1. The summed E-state index contributed by atoms with van der Waals surface area (Å²) in [7, 11) is -3.92. The summed E-state index contributed by atoms with van der Waals surface area (Å²) in [6.45, 7) is 2.69. The number of nitrogens with zero attached hydrogens (tertiary/aromatic N) is 1. The topological polar surface area (TPSA) is 57.6 Å².